The normalized spacial score (nSPS) is 12.1. The van der Waals surface area contributed by atoms with E-state index < -0.39 is 0 Å². The average molecular weight is 386 g/mol. The number of aromatic hydroxyl groups is 1. The van der Waals surface area contributed by atoms with Gasteiger partial charge < -0.3 is 20.3 Å². The van der Waals surface area contributed by atoms with Gasteiger partial charge >= 0.3 is 0 Å². The zero-order chi connectivity index (χ0) is 20.8. The Morgan fingerprint density at radius 2 is 1.75 bits per heavy atom. The third-order valence-electron chi connectivity index (χ3n) is 4.82. The van der Waals surface area contributed by atoms with Gasteiger partial charge in [-0.15, -0.1) is 0 Å². The summed E-state index contributed by atoms with van der Waals surface area (Å²) in [6.45, 7) is 9.75. The van der Waals surface area contributed by atoms with Gasteiger partial charge in [-0.1, -0.05) is 26.0 Å². The molecule has 2 aromatic rings. The van der Waals surface area contributed by atoms with Crippen molar-refractivity contribution in [3.05, 3.63) is 58.1 Å². The number of aryl methyl sites for hydroxylation is 2. The van der Waals surface area contributed by atoms with Gasteiger partial charge in [-0.25, -0.2) is 0 Å². The van der Waals surface area contributed by atoms with Crippen LogP contribution in [0.15, 0.2) is 30.3 Å². The number of aliphatic hydroxyl groups is 1. The lowest BCUT2D eigenvalue weighted by molar-refractivity contribution is -0.124. The third-order valence-corrected chi connectivity index (χ3v) is 4.82. The van der Waals surface area contributed by atoms with Crippen molar-refractivity contribution in [2.45, 2.75) is 53.0 Å². The maximum Gasteiger partial charge on any atom is 0.258 e. The lowest BCUT2D eigenvalue weighted by Gasteiger charge is -2.16. The molecule has 0 unspecified atom stereocenters. The maximum atomic E-state index is 11.8. The molecule has 152 valence electrons. The molecule has 0 saturated carbocycles. The number of benzene rings is 2. The molecule has 0 aromatic heterocycles. The Kier molecular flexibility index (Phi) is 7.46. The highest BCUT2D eigenvalue weighted by Gasteiger charge is 2.12. The van der Waals surface area contributed by atoms with Gasteiger partial charge in [0.25, 0.3) is 5.91 Å². The topological polar surface area (TPSA) is 78.8 Å². The Morgan fingerprint density at radius 3 is 2.32 bits per heavy atom. The summed E-state index contributed by atoms with van der Waals surface area (Å²) in [4.78, 5) is 11.8. The molecule has 2 aromatic carbocycles. The average Bonchev–Trinajstić information content (AvgIpc) is 2.63. The monoisotopic (exact) mass is 385 g/mol. The van der Waals surface area contributed by atoms with Crippen molar-refractivity contribution in [3.8, 4) is 11.5 Å². The van der Waals surface area contributed by atoms with Gasteiger partial charge in [0.15, 0.2) is 6.61 Å². The van der Waals surface area contributed by atoms with Crippen molar-refractivity contribution in [2.75, 3.05) is 13.2 Å². The van der Waals surface area contributed by atoms with Gasteiger partial charge in [-0.05, 0) is 79.1 Å². The Morgan fingerprint density at radius 1 is 1.11 bits per heavy atom. The predicted molar refractivity (Wildman–Crippen MR) is 111 cm³/mol. The van der Waals surface area contributed by atoms with Crippen molar-refractivity contribution >= 4 is 5.91 Å². The second-order valence-corrected chi connectivity index (χ2v) is 7.70. The van der Waals surface area contributed by atoms with Gasteiger partial charge in [0.05, 0.1) is 6.61 Å². The number of hydrogen-bond acceptors (Lipinski definition) is 4. The van der Waals surface area contributed by atoms with Crippen LogP contribution in [0.4, 0.5) is 0 Å². The molecule has 28 heavy (non-hydrogen) atoms. The summed E-state index contributed by atoms with van der Waals surface area (Å²) in [5.41, 5.74) is 5.51. The van der Waals surface area contributed by atoms with E-state index in [9.17, 15) is 9.90 Å². The Hall–Kier alpha value is -2.53. The number of ether oxygens (including phenoxy) is 1. The lowest BCUT2D eigenvalue weighted by Crippen LogP contribution is -2.38. The number of rotatable bonds is 8. The molecule has 0 fully saturated rings. The van der Waals surface area contributed by atoms with Crippen LogP contribution in [0.3, 0.4) is 0 Å². The minimum absolute atomic E-state index is 0.0850. The van der Waals surface area contributed by atoms with Crippen molar-refractivity contribution in [3.63, 3.8) is 0 Å². The fourth-order valence-electron chi connectivity index (χ4n) is 3.21. The van der Waals surface area contributed by atoms with E-state index >= 15 is 0 Å². The molecular formula is C23H31NO4. The predicted octanol–water partition coefficient (Wildman–Crippen LogP) is 3.60. The number of phenolic OH excluding ortho intramolecular Hbond substituents is 1. The molecule has 0 aliphatic carbocycles. The van der Waals surface area contributed by atoms with E-state index in [1.54, 1.807) is 13.0 Å². The fourth-order valence-corrected chi connectivity index (χ4v) is 3.21. The molecule has 0 heterocycles. The lowest BCUT2D eigenvalue weighted by atomic mass is 9.93. The van der Waals surface area contributed by atoms with E-state index in [4.69, 9.17) is 9.84 Å². The van der Waals surface area contributed by atoms with E-state index in [0.717, 1.165) is 28.7 Å². The number of carbonyl (C=O) groups excluding carboxylic acids is 1. The molecule has 0 saturated heterocycles. The summed E-state index contributed by atoms with van der Waals surface area (Å²) >= 11 is 0. The van der Waals surface area contributed by atoms with Crippen LogP contribution >= 0.6 is 0 Å². The van der Waals surface area contributed by atoms with Crippen LogP contribution in [0, 0.1) is 13.8 Å². The van der Waals surface area contributed by atoms with Crippen molar-refractivity contribution < 1.29 is 19.7 Å². The van der Waals surface area contributed by atoms with Gasteiger partial charge in [0.2, 0.25) is 0 Å². The Balaban J connectivity index is 2.12. The van der Waals surface area contributed by atoms with Crippen molar-refractivity contribution in [1.29, 1.82) is 0 Å². The zero-order valence-corrected chi connectivity index (χ0v) is 17.4. The number of amides is 1. The summed E-state index contributed by atoms with van der Waals surface area (Å²) in [5.74, 6) is 0.993. The third kappa shape index (κ3) is 5.73. The first-order valence-electron chi connectivity index (χ1n) is 9.66. The number of phenols is 1. The maximum absolute atomic E-state index is 11.8. The molecule has 0 aliphatic heterocycles. The SMILES string of the molecule is Cc1cc(OCC(=O)N[C@H](C)CO)cc(C)c1Cc1ccc(O)c(C(C)C)c1. The molecule has 3 N–H and O–H groups in total. The van der Waals surface area contributed by atoms with Crippen molar-refractivity contribution in [2.24, 2.45) is 0 Å². The quantitative estimate of drug-likeness (QED) is 0.649. The second kappa shape index (κ2) is 9.60. The highest BCUT2D eigenvalue weighted by atomic mass is 16.5. The fraction of sp³-hybridized carbons (Fsp3) is 0.435. The number of nitrogens with one attached hydrogen (secondary N) is 1. The van der Waals surface area contributed by atoms with Crippen LogP contribution in [-0.2, 0) is 11.2 Å². The highest BCUT2D eigenvalue weighted by Crippen LogP contribution is 2.29. The largest absolute Gasteiger partial charge is 0.508 e. The Bertz CT molecular complexity index is 806. The van der Waals surface area contributed by atoms with Gasteiger partial charge in [0, 0.05) is 6.04 Å². The minimum atomic E-state index is -0.289. The molecule has 0 radical (unpaired) electrons. The molecule has 0 bridgehead atoms. The van der Waals surface area contributed by atoms with Crippen molar-refractivity contribution in [1.82, 2.24) is 5.32 Å². The summed E-state index contributed by atoms with van der Waals surface area (Å²) in [6, 6.07) is 9.37. The molecular weight excluding hydrogens is 354 g/mol. The van der Waals surface area contributed by atoms with E-state index in [2.05, 4.69) is 25.2 Å². The molecule has 2 rings (SSSR count). The highest BCUT2D eigenvalue weighted by molar-refractivity contribution is 5.77. The van der Waals surface area contributed by atoms with Gasteiger partial charge in [0.1, 0.15) is 11.5 Å². The van der Waals surface area contributed by atoms with Crippen LogP contribution < -0.4 is 10.1 Å². The number of carbonyl (C=O) groups is 1. The Labute approximate surface area is 167 Å². The molecule has 1 atom stereocenters. The second-order valence-electron chi connectivity index (χ2n) is 7.70. The van der Waals surface area contributed by atoms with E-state index in [1.807, 2.05) is 32.0 Å². The number of aliphatic hydroxyl groups excluding tert-OH is 1. The first-order chi connectivity index (χ1) is 13.2. The van der Waals surface area contributed by atoms with Crippen LogP contribution in [-0.4, -0.2) is 35.4 Å². The first-order valence-corrected chi connectivity index (χ1v) is 9.66. The van der Waals surface area contributed by atoms with Crippen LogP contribution in [0.1, 0.15) is 54.5 Å². The number of hydrogen-bond donors (Lipinski definition) is 3. The standard InChI is InChI=1S/C23H31NO4/c1-14(2)20-10-18(6-7-22(20)26)11-21-15(3)8-19(9-16(21)4)28-13-23(27)24-17(5)12-25/h6-10,14,17,25-26H,11-13H2,1-5H3,(H,24,27)/t17-/m1/s1. The first kappa shape index (κ1) is 21.8. The molecule has 5 nitrogen and oxygen atoms in total. The summed E-state index contributed by atoms with van der Waals surface area (Å²) in [7, 11) is 0. The van der Waals surface area contributed by atoms with E-state index in [0.29, 0.717) is 11.5 Å². The molecule has 1 amide bonds. The summed E-state index contributed by atoms with van der Waals surface area (Å²) in [5, 5.41) is 21.7. The van der Waals surface area contributed by atoms with E-state index in [1.165, 1.54) is 5.56 Å². The van der Waals surface area contributed by atoms with Crippen LogP contribution in [0.2, 0.25) is 0 Å². The zero-order valence-electron chi connectivity index (χ0n) is 17.4. The van der Waals surface area contributed by atoms with Crippen LogP contribution in [0.5, 0.6) is 11.5 Å². The smallest absolute Gasteiger partial charge is 0.258 e. The van der Waals surface area contributed by atoms with Crippen LogP contribution in [0.25, 0.3) is 0 Å². The van der Waals surface area contributed by atoms with Gasteiger partial charge in [-0.3, -0.25) is 4.79 Å². The molecule has 0 spiro atoms. The molecule has 0 aliphatic rings. The van der Waals surface area contributed by atoms with E-state index in [-0.39, 0.29) is 31.1 Å². The minimum Gasteiger partial charge on any atom is -0.508 e. The van der Waals surface area contributed by atoms with Gasteiger partial charge in [-0.2, -0.15) is 0 Å². The summed E-state index contributed by atoms with van der Waals surface area (Å²) in [6.07, 6.45) is 0.770. The molecule has 5 heteroatoms. The summed E-state index contributed by atoms with van der Waals surface area (Å²) < 4.78 is 5.62.